The second-order valence-electron chi connectivity index (χ2n) is 4.33. The number of thiocarbonyl (C=S) groups is 1. The van der Waals surface area contributed by atoms with E-state index in [2.05, 4.69) is 33.3 Å². The minimum absolute atomic E-state index is 0.256. The van der Waals surface area contributed by atoms with Gasteiger partial charge in [0, 0.05) is 34.2 Å². The van der Waals surface area contributed by atoms with Crippen molar-refractivity contribution in [1.29, 1.82) is 0 Å². The van der Waals surface area contributed by atoms with Crippen LogP contribution in [0.2, 0.25) is 0 Å². The molecule has 0 spiro atoms. The molecule has 2 aromatic rings. The number of nitrogens with one attached hydrogen (secondary N) is 1. The Bertz CT molecular complexity index is 568. The molecule has 0 saturated heterocycles. The molecule has 4 nitrogen and oxygen atoms in total. The molecule has 1 aromatic heterocycles. The molecule has 1 heterocycles. The highest BCUT2D eigenvalue weighted by Gasteiger charge is 2.07. The normalized spacial score (nSPS) is 12.1. The van der Waals surface area contributed by atoms with Gasteiger partial charge in [-0.25, -0.2) is 0 Å². The molecule has 0 fully saturated rings. The SMILES string of the molecule is CC(Cn1cccn1)Nc1ccc(C(N)=S)cc1Br. The summed E-state index contributed by atoms with van der Waals surface area (Å²) in [4.78, 5) is 0.400. The number of rotatable bonds is 5. The van der Waals surface area contributed by atoms with E-state index in [9.17, 15) is 0 Å². The Balaban J connectivity index is 2.04. The number of halogens is 1. The number of aromatic nitrogens is 2. The molecule has 19 heavy (non-hydrogen) atoms. The van der Waals surface area contributed by atoms with Crippen LogP contribution >= 0.6 is 28.1 Å². The lowest BCUT2D eigenvalue weighted by molar-refractivity contribution is 0.561. The van der Waals surface area contributed by atoms with Gasteiger partial charge in [-0.15, -0.1) is 0 Å². The molecule has 6 heteroatoms. The molecule has 0 aliphatic heterocycles. The maximum Gasteiger partial charge on any atom is 0.104 e. The van der Waals surface area contributed by atoms with Gasteiger partial charge in [0.15, 0.2) is 0 Å². The predicted molar refractivity (Wildman–Crippen MR) is 85.3 cm³/mol. The minimum Gasteiger partial charge on any atom is -0.389 e. The summed E-state index contributed by atoms with van der Waals surface area (Å²) in [5.74, 6) is 0. The Morgan fingerprint density at radius 3 is 2.95 bits per heavy atom. The number of nitrogens with zero attached hydrogens (tertiary/aromatic N) is 2. The van der Waals surface area contributed by atoms with Gasteiger partial charge in [0.1, 0.15) is 4.99 Å². The van der Waals surface area contributed by atoms with Gasteiger partial charge in [-0.1, -0.05) is 12.2 Å². The molecule has 0 bridgehead atoms. The fraction of sp³-hybridized carbons (Fsp3) is 0.231. The summed E-state index contributed by atoms with van der Waals surface area (Å²) in [5, 5.41) is 7.61. The average Bonchev–Trinajstić information content (AvgIpc) is 2.84. The molecule has 100 valence electrons. The van der Waals surface area contributed by atoms with E-state index in [-0.39, 0.29) is 6.04 Å². The summed E-state index contributed by atoms with van der Waals surface area (Å²) < 4.78 is 2.85. The molecule has 0 radical (unpaired) electrons. The van der Waals surface area contributed by atoms with Crippen molar-refractivity contribution < 1.29 is 0 Å². The number of hydrogen-bond donors (Lipinski definition) is 2. The van der Waals surface area contributed by atoms with Crippen LogP contribution in [0.25, 0.3) is 0 Å². The van der Waals surface area contributed by atoms with Gasteiger partial charge >= 0.3 is 0 Å². The topological polar surface area (TPSA) is 55.9 Å². The third-order valence-electron chi connectivity index (χ3n) is 2.68. The maximum atomic E-state index is 5.60. The monoisotopic (exact) mass is 338 g/mol. The lowest BCUT2D eigenvalue weighted by Crippen LogP contribution is -2.22. The molecular formula is C13H15BrN4S. The van der Waals surface area contributed by atoms with Gasteiger partial charge in [0.05, 0.1) is 6.54 Å². The predicted octanol–water partition coefficient (Wildman–Crippen LogP) is 2.78. The zero-order valence-electron chi connectivity index (χ0n) is 10.5. The summed E-state index contributed by atoms with van der Waals surface area (Å²) in [6.45, 7) is 2.91. The first-order valence-corrected chi connectivity index (χ1v) is 7.09. The van der Waals surface area contributed by atoms with E-state index in [1.54, 1.807) is 6.20 Å². The van der Waals surface area contributed by atoms with Crippen LogP contribution in [-0.4, -0.2) is 20.8 Å². The van der Waals surface area contributed by atoms with Crippen LogP contribution in [0, 0.1) is 0 Å². The van der Waals surface area contributed by atoms with E-state index in [0.717, 1.165) is 22.3 Å². The Hall–Kier alpha value is -1.40. The molecule has 1 atom stereocenters. The standard InChI is InChI=1S/C13H15BrN4S/c1-9(8-18-6-2-5-16-18)17-12-4-3-10(13(15)19)7-11(12)14/h2-7,9,17H,8H2,1H3,(H2,15,19). The Labute approximate surface area is 126 Å². The van der Waals surface area contributed by atoms with Crippen LogP contribution in [0.3, 0.4) is 0 Å². The molecule has 0 saturated carbocycles. The molecule has 3 N–H and O–H groups in total. The quantitative estimate of drug-likeness (QED) is 0.823. The van der Waals surface area contributed by atoms with Crippen LogP contribution < -0.4 is 11.1 Å². The summed E-state index contributed by atoms with van der Waals surface area (Å²) in [5.41, 5.74) is 7.47. The lowest BCUT2D eigenvalue weighted by atomic mass is 10.2. The van der Waals surface area contributed by atoms with Crippen LogP contribution in [-0.2, 0) is 6.54 Å². The van der Waals surface area contributed by atoms with Gasteiger partial charge in [-0.05, 0) is 47.1 Å². The van der Waals surface area contributed by atoms with E-state index < -0.39 is 0 Å². The molecule has 1 unspecified atom stereocenters. The highest BCUT2D eigenvalue weighted by Crippen LogP contribution is 2.24. The van der Waals surface area contributed by atoms with Crippen molar-refractivity contribution in [3.63, 3.8) is 0 Å². The van der Waals surface area contributed by atoms with E-state index in [4.69, 9.17) is 18.0 Å². The van der Waals surface area contributed by atoms with Crippen molar-refractivity contribution in [1.82, 2.24) is 9.78 Å². The number of benzene rings is 1. The first-order chi connectivity index (χ1) is 9.06. The highest BCUT2D eigenvalue weighted by molar-refractivity contribution is 9.10. The fourth-order valence-corrected chi connectivity index (χ4v) is 2.41. The maximum absolute atomic E-state index is 5.60. The molecule has 2 rings (SSSR count). The Kier molecular flexibility index (Phi) is 4.55. The van der Waals surface area contributed by atoms with E-state index in [1.165, 1.54) is 0 Å². The Morgan fingerprint density at radius 2 is 2.37 bits per heavy atom. The first kappa shape index (κ1) is 14.0. The fourth-order valence-electron chi connectivity index (χ4n) is 1.79. The number of hydrogen-bond acceptors (Lipinski definition) is 3. The van der Waals surface area contributed by atoms with Crippen molar-refractivity contribution in [3.8, 4) is 0 Å². The molecule has 0 amide bonds. The first-order valence-electron chi connectivity index (χ1n) is 5.89. The van der Waals surface area contributed by atoms with Gasteiger partial charge in [-0.2, -0.15) is 5.10 Å². The largest absolute Gasteiger partial charge is 0.389 e. The second kappa shape index (κ2) is 6.16. The molecular weight excluding hydrogens is 324 g/mol. The van der Waals surface area contributed by atoms with Gasteiger partial charge in [0.2, 0.25) is 0 Å². The number of anilines is 1. The van der Waals surface area contributed by atoms with Crippen molar-refractivity contribution in [2.75, 3.05) is 5.32 Å². The van der Waals surface area contributed by atoms with Crippen LogP contribution in [0.5, 0.6) is 0 Å². The summed E-state index contributed by atoms with van der Waals surface area (Å²) in [6.07, 6.45) is 3.73. The summed E-state index contributed by atoms with van der Waals surface area (Å²) in [6, 6.07) is 7.98. The van der Waals surface area contributed by atoms with E-state index in [1.807, 2.05) is 35.1 Å². The third kappa shape index (κ3) is 3.78. The third-order valence-corrected chi connectivity index (χ3v) is 3.57. The van der Waals surface area contributed by atoms with Crippen molar-refractivity contribution in [3.05, 3.63) is 46.7 Å². The smallest absolute Gasteiger partial charge is 0.104 e. The zero-order valence-corrected chi connectivity index (χ0v) is 12.9. The number of nitrogens with two attached hydrogens (primary N) is 1. The molecule has 0 aliphatic carbocycles. The molecule has 1 aromatic carbocycles. The Morgan fingerprint density at radius 1 is 1.58 bits per heavy atom. The zero-order chi connectivity index (χ0) is 13.8. The van der Waals surface area contributed by atoms with E-state index >= 15 is 0 Å². The minimum atomic E-state index is 0.256. The average molecular weight is 339 g/mol. The van der Waals surface area contributed by atoms with E-state index in [0.29, 0.717) is 4.99 Å². The van der Waals surface area contributed by atoms with Gasteiger partial charge in [-0.3, -0.25) is 4.68 Å². The van der Waals surface area contributed by atoms with Gasteiger partial charge in [0.25, 0.3) is 0 Å². The second-order valence-corrected chi connectivity index (χ2v) is 5.63. The lowest BCUT2D eigenvalue weighted by Gasteiger charge is -2.17. The molecule has 0 aliphatic rings. The van der Waals surface area contributed by atoms with Crippen molar-refractivity contribution in [2.24, 2.45) is 5.73 Å². The summed E-state index contributed by atoms with van der Waals surface area (Å²) >= 11 is 8.48. The van der Waals surface area contributed by atoms with Crippen molar-refractivity contribution >= 4 is 38.8 Å². The summed E-state index contributed by atoms with van der Waals surface area (Å²) in [7, 11) is 0. The van der Waals surface area contributed by atoms with Crippen LogP contribution in [0.1, 0.15) is 12.5 Å². The van der Waals surface area contributed by atoms with Crippen LogP contribution in [0.4, 0.5) is 5.69 Å². The van der Waals surface area contributed by atoms with Gasteiger partial charge < -0.3 is 11.1 Å². The van der Waals surface area contributed by atoms with Crippen LogP contribution in [0.15, 0.2) is 41.1 Å². The van der Waals surface area contributed by atoms with Crippen molar-refractivity contribution in [2.45, 2.75) is 19.5 Å². The highest BCUT2D eigenvalue weighted by atomic mass is 79.9.